The highest BCUT2D eigenvalue weighted by atomic mass is 35.5. The molecule has 2 aromatic rings. The quantitative estimate of drug-likeness (QED) is 0.937. The van der Waals surface area contributed by atoms with Gasteiger partial charge in [-0.05, 0) is 32.5 Å². The van der Waals surface area contributed by atoms with Crippen molar-refractivity contribution in [3.8, 4) is 0 Å². The third-order valence-electron chi connectivity index (χ3n) is 4.25. The van der Waals surface area contributed by atoms with Crippen LogP contribution in [0.4, 0.5) is 0 Å². The summed E-state index contributed by atoms with van der Waals surface area (Å²) in [5.74, 6) is 1.26. The van der Waals surface area contributed by atoms with E-state index in [1.807, 2.05) is 32.3 Å². The molecule has 5 nitrogen and oxygen atoms in total. The van der Waals surface area contributed by atoms with Gasteiger partial charge in [-0.25, -0.2) is 0 Å². The van der Waals surface area contributed by atoms with E-state index in [0.717, 1.165) is 31.2 Å². The lowest BCUT2D eigenvalue weighted by Gasteiger charge is -2.21. The minimum absolute atomic E-state index is 0. The van der Waals surface area contributed by atoms with Crippen LogP contribution in [0.5, 0.6) is 0 Å². The minimum Gasteiger partial charge on any atom is -0.337 e. The Balaban J connectivity index is 0.00000176. The van der Waals surface area contributed by atoms with Crippen molar-refractivity contribution in [2.45, 2.75) is 37.3 Å². The van der Waals surface area contributed by atoms with Crippen LogP contribution in [0.15, 0.2) is 34.9 Å². The first-order valence-electron chi connectivity index (χ1n) is 7.44. The summed E-state index contributed by atoms with van der Waals surface area (Å²) in [4.78, 5) is 6.69. The van der Waals surface area contributed by atoms with Crippen molar-refractivity contribution in [1.82, 2.24) is 15.0 Å². The second-order valence-corrected chi connectivity index (χ2v) is 6.10. The van der Waals surface area contributed by atoms with Gasteiger partial charge in [-0.3, -0.25) is 4.90 Å². The molecule has 1 heterocycles. The molecule has 1 fully saturated rings. The molecule has 1 aliphatic rings. The smallest absolute Gasteiger partial charge is 0.248 e. The zero-order valence-electron chi connectivity index (χ0n) is 13.0. The Morgan fingerprint density at radius 3 is 2.41 bits per heavy atom. The van der Waals surface area contributed by atoms with Crippen LogP contribution in [-0.4, -0.2) is 29.1 Å². The molecule has 2 N–H and O–H groups in total. The van der Waals surface area contributed by atoms with Crippen molar-refractivity contribution >= 4 is 12.4 Å². The molecule has 1 aromatic carbocycles. The van der Waals surface area contributed by atoms with Crippen LogP contribution in [0, 0.1) is 0 Å². The minimum atomic E-state index is -0.407. The summed E-state index contributed by atoms with van der Waals surface area (Å²) in [5.41, 5.74) is 7.14. The highest BCUT2D eigenvalue weighted by Crippen LogP contribution is 2.35. The summed E-state index contributed by atoms with van der Waals surface area (Å²) in [6, 6.07) is 10.1. The number of hydrogen-bond donors (Lipinski definition) is 1. The number of rotatable bonds is 4. The van der Waals surface area contributed by atoms with Crippen molar-refractivity contribution in [3.05, 3.63) is 47.6 Å². The highest BCUT2D eigenvalue weighted by Gasteiger charge is 2.37. The number of benzene rings is 1. The molecule has 6 heteroatoms. The lowest BCUT2D eigenvalue weighted by Crippen LogP contribution is -2.34. The van der Waals surface area contributed by atoms with Gasteiger partial charge < -0.3 is 10.3 Å². The molecule has 0 amide bonds. The maximum Gasteiger partial charge on any atom is 0.248 e. The van der Waals surface area contributed by atoms with Crippen molar-refractivity contribution in [3.63, 3.8) is 0 Å². The molecule has 1 aromatic heterocycles. The average molecular weight is 323 g/mol. The molecule has 1 aliphatic carbocycles. The Bertz CT molecular complexity index is 593. The third-order valence-corrected chi connectivity index (χ3v) is 4.25. The zero-order chi connectivity index (χ0) is 14.9. The average Bonchev–Trinajstić information content (AvgIpc) is 3.10. The number of hydrogen-bond acceptors (Lipinski definition) is 5. The number of halogens is 1. The lowest BCUT2D eigenvalue weighted by molar-refractivity contribution is 0.259. The summed E-state index contributed by atoms with van der Waals surface area (Å²) in [5, 5.41) is 4.16. The fourth-order valence-corrected chi connectivity index (χ4v) is 3.07. The predicted molar refractivity (Wildman–Crippen MR) is 87.9 cm³/mol. The van der Waals surface area contributed by atoms with Gasteiger partial charge in [0.2, 0.25) is 5.89 Å². The Labute approximate surface area is 137 Å². The molecule has 0 radical (unpaired) electrons. The van der Waals surface area contributed by atoms with E-state index in [1.54, 1.807) is 0 Å². The van der Waals surface area contributed by atoms with E-state index >= 15 is 0 Å². The normalized spacial score (nSPS) is 18.2. The molecule has 1 saturated carbocycles. The molecule has 3 rings (SSSR count). The van der Waals surface area contributed by atoms with Crippen LogP contribution in [0.2, 0.25) is 0 Å². The van der Waals surface area contributed by atoms with Crippen molar-refractivity contribution in [1.29, 1.82) is 0 Å². The molecule has 1 atom stereocenters. The van der Waals surface area contributed by atoms with Crippen LogP contribution in [-0.2, 0) is 5.54 Å². The van der Waals surface area contributed by atoms with Crippen molar-refractivity contribution in [2.24, 2.45) is 5.73 Å². The number of nitrogens with zero attached hydrogens (tertiary/aromatic N) is 3. The monoisotopic (exact) mass is 322 g/mol. The zero-order valence-corrected chi connectivity index (χ0v) is 13.8. The van der Waals surface area contributed by atoms with Crippen LogP contribution in [0.3, 0.4) is 0 Å². The summed E-state index contributed by atoms with van der Waals surface area (Å²) < 4.78 is 5.54. The molecule has 0 aliphatic heterocycles. The van der Waals surface area contributed by atoms with Crippen LogP contribution >= 0.6 is 12.4 Å². The molecule has 120 valence electrons. The van der Waals surface area contributed by atoms with Crippen LogP contribution in [0.1, 0.15) is 49.0 Å². The summed E-state index contributed by atoms with van der Waals surface area (Å²) in [7, 11) is 4.02. The van der Waals surface area contributed by atoms with E-state index < -0.39 is 5.54 Å². The second kappa shape index (κ2) is 6.77. The number of aromatic nitrogens is 2. The molecule has 0 saturated heterocycles. The topological polar surface area (TPSA) is 68.2 Å². The Kier molecular flexibility index (Phi) is 5.21. The van der Waals surface area contributed by atoms with Gasteiger partial charge in [-0.1, -0.05) is 48.3 Å². The Morgan fingerprint density at radius 2 is 1.82 bits per heavy atom. The van der Waals surface area contributed by atoms with Crippen molar-refractivity contribution < 1.29 is 4.52 Å². The first-order valence-corrected chi connectivity index (χ1v) is 7.44. The largest absolute Gasteiger partial charge is 0.337 e. The summed E-state index contributed by atoms with van der Waals surface area (Å²) in [6.07, 6.45) is 4.14. The van der Waals surface area contributed by atoms with Gasteiger partial charge in [-0.2, -0.15) is 4.98 Å². The lowest BCUT2D eigenvalue weighted by atomic mass is 9.98. The van der Waals surface area contributed by atoms with Gasteiger partial charge in [0, 0.05) is 0 Å². The van der Waals surface area contributed by atoms with E-state index in [1.165, 1.54) is 0 Å². The summed E-state index contributed by atoms with van der Waals surface area (Å²) >= 11 is 0. The van der Waals surface area contributed by atoms with Crippen LogP contribution < -0.4 is 5.73 Å². The van der Waals surface area contributed by atoms with E-state index in [4.69, 9.17) is 10.3 Å². The van der Waals surface area contributed by atoms with E-state index in [-0.39, 0.29) is 18.4 Å². The van der Waals surface area contributed by atoms with Gasteiger partial charge in [0.1, 0.15) is 6.04 Å². The van der Waals surface area contributed by atoms with Gasteiger partial charge in [0.05, 0.1) is 5.54 Å². The van der Waals surface area contributed by atoms with Crippen molar-refractivity contribution in [2.75, 3.05) is 14.1 Å². The van der Waals surface area contributed by atoms with E-state index in [9.17, 15) is 0 Å². The predicted octanol–water partition coefficient (Wildman–Crippen LogP) is 2.87. The van der Waals surface area contributed by atoms with Gasteiger partial charge in [0.15, 0.2) is 5.82 Å². The van der Waals surface area contributed by atoms with Gasteiger partial charge >= 0.3 is 0 Å². The highest BCUT2D eigenvalue weighted by molar-refractivity contribution is 5.85. The van der Waals surface area contributed by atoms with E-state index in [2.05, 4.69) is 27.2 Å². The van der Waals surface area contributed by atoms with Gasteiger partial charge in [-0.15, -0.1) is 12.4 Å². The maximum atomic E-state index is 6.41. The fraction of sp³-hybridized carbons (Fsp3) is 0.500. The fourth-order valence-electron chi connectivity index (χ4n) is 3.07. The molecule has 1 unspecified atom stereocenters. The van der Waals surface area contributed by atoms with Crippen LogP contribution in [0.25, 0.3) is 0 Å². The molecular formula is C16H23ClN4O. The molecule has 0 bridgehead atoms. The standard InChI is InChI=1S/C16H22N4O.ClH/c1-20(2)13(12-8-4-3-5-9-12)14-18-15(19-21-14)16(17)10-6-7-11-16;/h3-5,8-9,13H,6-7,10-11,17H2,1-2H3;1H. The molecule has 0 spiro atoms. The van der Waals surface area contributed by atoms with E-state index in [0.29, 0.717) is 11.7 Å². The third kappa shape index (κ3) is 3.16. The second-order valence-electron chi connectivity index (χ2n) is 6.10. The Morgan fingerprint density at radius 1 is 1.18 bits per heavy atom. The van der Waals surface area contributed by atoms with Gasteiger partial charge in [0.25, 0.3) is 0 Å². The number of nitrogens with two attached hydrogens (primary N) is 1. The molecular weight excluding hydrogens is 300 g/mol. The Hall–Kier alpha value is -1.43. The first kappa shape index (κ1) is 16.9. The SMILES string of the molecule is CN(C)C(c1ccccc1)c1nc(C2(N)CCCC2)no1.Cl. The summed E-state index contributed by atoms with van der Waals surface area (Å²) in [6.45, 7) is 0. The first-order chi connectivity index (χ1) is 10.1. The maximum absolute atomic E-state index is 6.41. The molecule has 22 heavy (non-hydrogen) atoms.